The number of benzene rings is 2. The molecule has 5 nitrogen and oxygen atoms in total. The highest BCUT2D eigenvalue weighted by Crippen LogP contribution is 2.66. The van der Waals surface area contributed by atoms with Crippen LogP contribution in [0, 0.1) is 0 Å². The molecule has 4 rings (SSSR count). The van der Waals surface area contributed by atoms with Gasteiger partial charge in [0.25, 0.3) is 0 Å². The fourth-order valence-corrected chi connectivity index (χ4v) is 3.65. The normalized spacial score (nSPS) is 24.2. The SMILES string of the molecule is COc1ccccc1[C@@H]1C[C@]12C(=O)Nc1ccc(C(=O)O)cc12. The fraction of sp³-hybridized carbons (Fsp3) is 0.222. The number of carboxylic acid groups (broad SMARTS) is 1. The van der Waals surface area contributed by atoms with Gasteiger partial charge >= 0.3 is 5.97 Å². The van der Waals surface area contributed by atoms with E-state index in [1.54, 1.807) is 19.2 Å². The molecule has 1 spiro atoms. The Bertz CT molecular complexity index is 845. The van der Waals surface area contributed by atoms with Crippen molar-refractivity contribution in [1.82, 2.24) is 0 Å². The van der Waals surface area contributed by atoms with Crippen LogP contribution in [0.4, 0.5) is 5.69 Å². The predicted molar refractivity (Wildman–Crippen MR) is 84.1 cm³/mol. The van der Waals surface area contributed by atoms with Crippen molar-refractivity contribution >= 4 is 17.6 Å². The van der Waals surface area contributed by atoms with Crippen LogP contribution in [-0.4, -0.2) is 24.1 Å². The van der Waals surface area contributed by atoms with Crippen LogP contribution in [0.2, 0.25) is 0 Å². The third-order valence-electron chi connectivity index (χ3n) is 4.88. The summed E-state index contributed by atoms with van der Waals surface area (Å²) >= 11 is 0. The molecule has 2 aromatic carbocycles. The van der Waals surface area contributed by atoms with E-state index >= 15 is 0 Å². The molecule has 2 N–H and O–H groups in total. The molecule has 0 unspecified atom stereocenters. The Labute approximate surface area is 132 Å². The molecule has 0 bridgehead atoms. The molecule has 1 amide bonds. The van der Waals surface area contributed by atoms with Crippen LogP contribution in [0.3, 0.4) is 0 Å². The fourth-order valence-electron chi connectivity index (χ4n) is 3.65. The summed E-state index contributed by atoms with van der Waals surface area (Å²) in [6, 6.07) is 12.5. The number of carboxylic acids is 1. The van der Waals surface area contributed by atoms with Crippen molar-refractivity contribution in [2.24, 2.45) is 0 Å². The summed E-state index contributed by atoms with van der Waals surface area (Å²) in [5.74, 6) is -0.295. The third kappa shape index (κ3) is 1.79. The van der Waals surface area contributed by atoms with Crippen molar-refractivity contribution in [3.63, 3.8) is 0 Å². The minimum absolute atomic E-state index is 0.00365. The van der Waals surface area contributed by atoms with Crippen LogP contribution >= 0.6 is 0 Å². The number of fused-ring (bicyclic) bond motifs is 2. The van der Waals surface area contributed by atoms with E-state index in [1.165, 1.54) is 6.07 Å². The van der Waals surface area contributed by atoms with Gasteiger partial charge in [-0.05, 0) is 41.8 Å². The molecule has 1 fully saturated rings. The molecule has 2 atom stereocenters. The number of carbonyl (C=O) groups is 2. The Hall–Kier alpha value is -2.82. The maximum Gasteiger partial charge on any atom is 0.335 e. The van der Waals surface area contributed by atoms with E-state index < -0.39 is 11.4 Å². The van der Waals surface area contributed by atoms with Gasteiger partial charge in [0.2, 0.25) is 5.91 Å². The van der Waals surface area contributed by atoms with Gasteiger partial charge in [0, 0.05) is 11.6 Å². The zero-order chi connectivity index (χ0) is 16.2. The summed E-state index contributed by atoms with van der Waals surface area (Å²) < 4.78 is 5.41. The molecule has 116 valence electrons. The number of rotatable bonds is 3. The predicted octanol–water partition coefficient (Wildman–Crippen LogP) is 2.77. The molecular formula is C18H15NO4. The Morgan fingerprint density at radius 1 is 1.30 bits per heavy atom. The van der Waals surface area contributed by atoms with Crippen molar-refractivity contribution in [3.05, 3.63) is 59.2 Å². The number of aromatic carboxylic acids is 1. The molecule has 1 heterocycles. The highest BCUT2D eigenvalue weighted by Gasteiger charge is 2.65. The summed E-state index contributed by atoms with van der Waals surface area (Å²) in [5, 5.41) is 12.1. The Morgan fingerprint density at radius 3 is 2.83 bits per heavy atom. The monoisotopic (exact) mass is 309 g/mol. The molecule has 2 aromatic rings. The highest BCUT2D eigenvalue weighted by molar-refractivity contribution is 6.10. The molecule has 1 aliphatic heterocycles. The lowest BCUT2D eigenvalue weighted by Crippen LogP contribution is -2.21. The van der Waals surface area contributed by atoms with Crippen LogP contribution in [0.1, 0.15) is 33.8 Å². The van der Waals surface area contributed by atoms with Crippen molar-refractivity contribution in [2.75, 3.05) is 12.4 Å². The lowest BCUT2D eigenvalue weighted by molar-refractivity contribution is -0.118. The quantitative estimate of drug-likeness (QED) is 0.914. The second kappa shape index (κ2) is 4.59. The second-order valence-electron chi connectivity index (χ2n) is 5.99. The third-order valence-corrected chi connectivity index (χ3v) is 4.88. The van der Waals surface area contributed by atoms with Crippen LogP contribution in [-0.2, 0) is 10.2 Å². The number of methoxy groups -OCH3 is 1. The first-order valence-corrected chi connectivity index (χ1v) is 7.40. The zero-order valence-corrected chi connectivity index (χ0v) is 12.5. The molecule has 1 saturated carbocycles. The number of anilines is 1. The Kier molecular flexibility index (Phi) is 2.75. The number of hydrogen-bond donors (Lipinski definition) is 2. The standard InChI is InChI=1S/C18H15NO4/c1-23-15-5-3-2-4-11(15)13-9-18(13)12-8-10(16(20)21)6-7-14(12)19-17(18)22/h2-8,13H,9H2,1H3,(H,19,22)(H,20,21)/t13-,18+/m0/s1. The number of carbonyl (C=O) groups excluding carboxylic acids is 1. The summed E-state index contributed by atoms with van der Waals surface area (Å²) in [7, 11) is 1.61. The lowest BCUT2D eigenvalue weighted by atomic mass is 9.90. The maximum absolute atomic E-state index is 12.6. The van der Waals surface area contributed by atoms with Crippen LogP contribution in [0.25, 0.3) is 0 Å². The highest BCUT2D eigenvalue weighted by atomic mass is 16.5. The zero-order valence-electron chi connectivity index (χ0n) is 12.5. The second-order valence-corrected chi connectivity index (χ2v) is 5.99. The smallest absolute Gasteiger partial charge is 0.335 e. The largest absolute Gasteiger partial charge is 0.496 e. The first-order valence-electron chi connectivity index (χ1n) is 7.40. The van der Waals surface area contributed by atoms with Gasteiger partial charge in [-0.15, -0.1) is 0 Å². The number of para-hydroxylation sites is 1. The topological polar surface area (TPSA) is 75.6 Å². The first-order chi connectivity index (χ1) is 11.1. The number of nitrogens with one attached hydrogen (secondary N) is 1. The average Bonchev–Trinajstić information content (AvgIpc) is 3.24. The molecule has 1 aliphatic carbocycles. The molecular weight excluding hydrogens is 294 g/mol. The summed E-state index contributed by atoms with van der Waals surface area (Å²) in [4.78, 5) is 23.8. The van der Waals surface area contributed by atoms with E-state index in [0.717, 1.165) is 16.9 Å². The van der Waals surface area contributed by atoms with Gasteiger partial charge in [-0.1, -0.05) is 18.2 Å². The molecule has 0 radical (unpaired) electrons. The van der Waals surface area contributed by atoms with Gasteiger partial charge in [-0.2, -0.15) is 0 Å². The van der Waals surface area contributed by atoms with Gasteiger partial charge < -0.3 is 15.2 Å². The maximum atomic E-state index is 12.6. The summed E-state index contributed by atoms with van der Waals surface area (Å²) in [5.41, 5.74) is 2.00. The molecule has 0 saturated heterocycles. The van der Waals surface area contributed by atoms with Gasteiger partial charge in [-0.3, -0.25) is 4.79 Å². The minimum Gasteiger partial charge on any atom is -0.496 e. The van der Waals surface area contributed by atoms with Gasteiger partial charge in [-0.25, -0.2) is 4.79 Å². The molecule has 2 aliphatic rings. The van der Waals surface area contributed by atoms with Crippen LogP contribution in [0.15, 0.2) is 42.5 Å². The molecule has 0 aromatic heterocycles. The average molecular weight is 309 g/mol. The Morgan fingerprint density at radius 2 is 2.09 bits per heavy atom. The van der Waals surface area contributed by atoms with Crippen molar-refractivity contribution in [3.8, 4) is 5.75 Å². The molecule has 23 heavy (non-hydrogen) atoms. The van der Waals surface area contributed by atoms with Gasteiger partial charge in [0.15, 0.2) is 0 Å². The van der Waals surface area contributed by atoms with E-state index in [-0.39, 0.29) is 17.4 Å². The van der Waals surface area contributed by atoms with Gasteiger partial charge in [0.1, 0.15) is 5.75 Å². The lowest BCUT2D eigenvalue weighted by Gasteiger charge is -2.12. The van der Waals surface area contributed by atoms with Gasteiger partial charge in [0.05, 0.1) is 18.1 Å². The van der Waals surface area contributed by atoms with E-state index in [4.69, 9.17) is 4.74 Å². The first kappa shape index (κ1) is 13.8. The number of ether oxygens (including phenoxy) is 1. The number of amides is 1. The minimum atomic E-state index is -0.989. The van der Waals surface area contributed by atoms with Crippen molar-refractivity contribution in [1.29, 1.82) is 0 Å². The van der Waals surface area contributed by atoms with E-state index in [1.807, 2.05) is 24.3 Å². The van der Waals surface area contributed by atoms with Crippen molar-refractivity contribution < 1.29 is 19.4 Å². The number of hydrogen-bond acceptors (Lipinski definition) is 3. The van der Waals surface area contributed by atoms with Crippen LogP contribution < -0.4 is 10.1 Å². The summed E-state index contributed by atoms with van der Waals surface area (Å²) in [6.07, 6.45) is 0.662. The van der Waals surface area contributed by atoms with Crippen molar-refractivity contribution in [2.45, 2.75) is 17.8 Å². The van der Waals surface area contributed by atoms with E-state index in [0.29, 0.717) is 12.1 Å². The summed E-state index contributed by atoms with van der Waals surface area (Å²) in [6.45, 7) is 0. The van der Waals surface area contributed by atoms with E-state index in [9.17, 15) is 14.7 Å². The Balaban J connectivity index is 1.81. The van der Waals surface area contributed by atoms with Crippen LogP contribution in [0.5, 0.6) is 5.75 Å². The van der Waals surface area contributed by atoms with E-state index in [2.05, 4.69) is 5.32 Å². The molecule has 5 heteroatoms.